The molecule has 5 N–H and O–H groups in total. The number of methoxy groups -OCH3 is 2. The molecule has 0 fully saturated rings. The third-order valence-corrected chi connectivity index (χ3v) is 8.28. The van der Waals surface area contributed by atoms with Crippen LogP contribution in [0.25, 0.3) is 0 Å². The largest absolute Gasteiger partial charge is 0.439 e. The van der Waals surface area contributed by atoms with Gasteiger partial charge in [0.05, 0.1) is 23.6 Å². The molecule has 1 aliphatic heterocycles. The lowest BCUT2D eigenvalue weighted by atomic mass is 9.85. The van der Waals surface area contributed by atoms with Crippen molar-refractivity contribution in [1.82, 2.24) is 15.6 Å². The Morgan fingerprint density at radius 1 is 1.17 bits per heavy atom. The highest BCUT2D eigenvalue weighted by molar-refractivity contribution is 6.29. The average Bonchev–Trinajstić information content (AvgIpc) is 3.02. The first-order valence-electron chi connectivity index (χ1n) is 15.2. The van der Waals surface area contributed by atoms with Crippen molar-refractivity contribution in [3.05, 3.63) is 87.5 Å². The number of aromatic nitrogens is 1. The molecule has 1 aliphatic carbocycles. The smallest absolute Gasteiger partial charge is 0.405 e. The molecular weight excluding hydrogens is 628 g/mol. The summed E-state index contributed by atoms with van der Waals surface area (Å²) in [5, 5.41) is 17.3. The van der Waals surface area contributed by atoms with Gasteiger partial charge in [-0.05, 0) is 49.8 Å². The number of nitrogens with two attached hydrogens (primary N) is 1. The molecule has 1 aromatic rings. The van der Waals surface area contributed by atoms with E-state index in [-0.39, 0.29) is 41.4 Å². The van der Waals surface area contributed by atoms with E-state index >= 15 is 0 Å². The van der Waals surface area contributed by atoms with Crippen molar-refractivity contribution in [3.8, 4) is 0 Å². The van der Waals surface area contributed by atoms with Crippen LogP contribution in [-0.4, -0.2) is 72.3 Å². The third kappa shape index (κ3) is 10.2. The molecule has 2 bridgehead atoms. The summed E-state index contributed by atoms with van der Waals surface area (Å²) in [5.74, 6) is -2.29. The lowest BCUT2D eigenvalue weighted by molar-refractivity contribution is -0.120. The van der Waals surface area contributed by atoms with Crippen molar-refractivity contribution in [2.75, 3.05) is 14.2 Å². The molecule has 12 nitrogen and oxygen atoms in total. The maximum atomic E-state index is 13.8. The maximum absolute atomic E-state index is 13.8. The van der Waals surface area contributed by atoms with Gasteiger partial charge in [0.1, 0.15) is 11.3 Å². The number of Topliss-reactive ketones (excluding diaryl/α,β-unsaturated/α-hetero) is 1. The van der Waals surface area contributed by atoms with E-state index in [0.29, 0.717) is 17.1 Å². The number of carbonyl (C=O) groups excluding carboxylic acids is 4. The fraction of sp³-hybridized carbons (Fsp3) is 0.441. The zero-order valence-corrected chi connectivity index (χ0v) is 28.2. The highest BCUT2D eigenvalue weighted by Gasteiger charge is 2.33. The predicted molar refractivity (Wildman–Crippen MR) is 176 cm³/mol. The molecule has 0 unspecified atom stereocenters. The molecule has 0 aromatic carbocycles. The summed E-state index contributed by atoms with van der Waals surface area (Å²) in [6, 6.07) is 3.37. The number of fused-ring (bicyclic) bond motifs is 2. The number of nitrogens with zero attached hydrogens (tertiary/aromatic N) is 1. The lowest BCUT2D eigenvalue weighted by Crippen LogP contribution is -2.37. The first-order valence-corrected chi connectivity index (χ1v) is 15.6. The molecule has 0 saturated heterocycles. The van der Waals surface area contributed by atoms with Crippen LogP contribution < -0.4 is 16.4 Å². The van der Waals surface area contributed by atoms with Crippen molar-refractivity contribution in [3.63, 3.8) is 0 Å². The number of hydrogen-bond acceptors (Lipinski definition) is 10. The summed E-state index contributed by atoms with van der Waals surface area (Å²) >= 11 is 5.90. The summed E-state index contributed by atoms with van der Waals surface area (Å²) in [7, 11) is 2.91. The van der Waals surface area contributed by atoms with Crippen molar-refractivity contribution in [1.29, 1.82) is 0 Å². The second-order valence-electron chi connectivity index (χ2n) is 11.8. The van der Waals surface area contributed by atoms with E-state index in [0.717, 1.165) is 11.6 Å². The number of aliphatic hydroxyl groups is 1. The standard InChI is InChI=1S/C34H43ClN4O8/c1-18-12-23-29(38-17-22-10-11-28(35)37-16-22)25(40)15-24(31(23)42)39-33(43)19(2)8-7-9-26(45-5)32(47-34(36)44)21(4)14-20(3)30(41)27(13-18)46-6/h7-11,14-16,18,20,26-27,30,32,38,41H,12-13,17H2,1-6H3,(H2,36,44)(H,39,43)/b9-7-,19-8+,21-14+/t18-,20+,26+,27+,30-,32+/m1/s1. The van der Waals surface area contributed by atoms with Crippen LogP contribution in [0.3, 0.4) is 0 Å². The number of primary amides is 1. The van der Waals surface area contributed by atoms with Gasteiger partial charge in [0.15, 0.2) is 6.10 Å². The van der Waals surface area contributed by atoms with Gasteiger partial charge >= 0.3 is 6.09 Å². The Balaban J connectivity index is 2.06. The number of pyridine rings is 1. The van der Waals surface area contributed by atoms with Crippen LogP contribution >= 0.6 is 11.6 Å². The van der Waals surface area contributed by atoms with E-state index < -0.39 is 53.9 Å². The van der Waals surface area contributed by atoms with Gasteiger partial charge in [0, 0.05) is 50.1 Å². The molecular formula is C34H43ClN4O8. The first-order chi connectivity index (χ1) is 22.2. The van der Waals surface area contributed by atoms with E-state index in [1.807, 2.05) is 6.92 Å². The number of ether oxygens (including phenoxy) is 3. The highest BCUT2D eigenvalue weighted by atomic mass is 35.5. The van der Waals surface area contributed by atoms with Crippen LogP contribution in [0.15, 0.2) is 76.8 Å². The molecule has 1 aromatic heterocycles. The highest BCUT2D eigenvalue weighted by Crippen LogP contribution is 2.29. The number of ketones is 2. The van der Waals surface area contributed by atoms with Gasteiger partial charge in [-0.2, -0.15) is 0 Å². The molecule has 13 heteroatoms. The summed E-state index contributed by atoms with van der Waals surface area (Å²) in [5.41, 5.74) is 7.06. The van der Waals surface area contributed by atoms with E-state index in [4.69, 9.17) is 31.5 Å². The molecule has 0 saturated carbocycles. The predicted octanol–water partition coefficient (Wildman–Crippen LogP) is 3.60. The third-order valence-electron chi connectivity index (χ3n) is 8.05. The Hall–Kier alpha value is -4.10. The van der Waals surface area contributed by atoms with Gasteiger partial charge in [-0.15, -0.1) is 0 Å². The fourth-order valence-electron chi connectivity index (χ4n) is 5.48. The number of aliphatic hydroxyl groups excluding tert-OH is 1. The van der Waals surface area contributed by atoms with Gasteiger partial charge in [0.2, 0.25) is 11.6 Å². The Morgan fingerprint density at radius 2 is 1.89 bits per heavy atom. The molecule has 3 rings (SSSR count). The maximum Gasteiger partial charge on any atom is 0.405 e. The van der Waals surface area contributed by atoms with Gasteiger partial charge < -0.3 is 35.7 Å². The Labute approximate surface area is 279 Å². The van der Waals surface area contributed by atoms with Gasteiger partial charge in [-0.3, -0.25) is 14.4 Å². The van der Waals surface area contributed by atoms with Gasteiger partial charge in [0.25, 0.3) is 5.91 Å². The summed E-state index contributed by atoms with van der Waals surface area (Å²) in [6.45, 7) is 7.16. The van der Waals surface area contributed by atoms with Crippen LogP contribution in [-0.2, 0) is 35.1 Å². The van der Waals surface area contributed by atoms with E-state index in [9.17, 15) is 24.3 Å². The Morgan fingerprint density at radius 3 is 2.51 bits per heavy atom. The number of rotatable bonds is 6. The van der Waals surface area contributed by atoms with E-state index in [1.165, 1.54) is 20.3 Å². The Kier molecular flexibility index (Phi) is 13.6. The number of carbonyl (C=O) groups is 4. The van der Waals surface area contributed by atoms with Crippen LogP contribution in [0, 0.1) is 11.8 Å². The van der Waals surface area contributed by atoms with Crippen LogP contribution in [0.5, 0.6) is 0 Å². The topological polar surface area (TPSA) is 179 Å². The monoisotopic (exact) mass is 670 g/mol. The molecule has 0 spiro atoms. The first kappa shape index (κ1) is 37.4. The minimum absolute atomic E-state index is 0.114. The minimum atomic E-state index is -1.01. The SMILES string of the molecule is CO[C@H]1/C=C\C=C(/C)C(=O)NC2=CC(=O)C(NCc3ccc(Cl)nc3)=C(C[C@@H](C)C[C@H](OC)[C@H](O)[C@@H](C)/C=C(\C)[C@@H]1OC(N)=O)C2=O. The number of allylic oxidation sites excluding steroid dienone is 4. The fourth-order valence-corrected chi connectivity index (χ4v) is 5.59. The quantitative estimate of drug-likeness (QED) is 0.198. The number of amides is 2. The van der Waals surface area contributed by atoms with Crippen LogP contribution in [0.4, 0.5) is 4.79 Å². The molecule has 6 atom stereocenters. The summed E-state index contributed by atoms with van der Waals surface area (Å²) in [4.78, 5) is 56.2. The normalized spacial score (nSPS) is 29.5. The van der Waals surface area contributed by atoms with E-state index in [1.54, 1.807) is 57.3 Å². The Bertz CT molecular complexity index is 1500. The number of halogens is 1. The molecule has 47 heavy (non-hydrogen) atoms. The average molecular weight is 671 g/mol. The van der Waals surface area contributed by atoms with Crippen molar-refractivity contribution in [2.24, 2.45) is 17.6 Å². The molecule has 2 amide bonds. The second kappa shape index (κ2) is 17.2. The zero-order chi connectivity index (χ0) is 34.8. The lowest BCUT2D eigenvalue weighted by Gasteiger charge is -2.30. The molecule has 254 valence electrons. The summed E-state index contributed by atoms with van der Waals surface area (Å²) in [6.07, 6.45) is 5.15. The van der Waals surface area contributed by atoms with Crippen LogP contribution in [0.1, 0.15) is 46.1 Å². The van der Waals surface area contributed by atoms with Crippen molar-refractivity contribution < 1.29 is 38.5 Å². The molecule has 0 radical (unpaired) electrons. The second-order valence-corrected chi connectivity index (χ2v) is 12.2. The van der Waals surface area contributed by atoms with Crippen molar-refractivity contribution in [2.45, 2.75) is 71.5 Å². The minimum Gasteiger partial charge on any atom is -0.439 e. The number of hydrogen-bond donors (Lipinski definition) is 4. The van der Waals surface area contributed by atoms with Gasteiger partial charge in [-0.25, -0.2) is 9.78 Å². The van der Waals surface area contributed by atoms with Gasteiger partial charge in [-0.1, -0.05) is 55.8 Å². The summed E-state index contributed by atoms with van der Waals surface area (Å²) < 4.78 is 16.6. The molecule has 2 aliphatic rings. The number of nitrogens with one attached hydrogen (secondary N) is 2. The zero-order valence-electron chi connectivity index (χ0n) is 27.4. The van der Waals surface area contributed by atoms with E-state index in [2.05, 4.69) is 15.6 Å². The molecule has 2 heterocycles. The van der Waals surface area contributed by atoms with Crippen LogP contribution in [0.2, 0.25) is 5.15 Å². The van der Waals surface area contributed by atoms with Crippen molar-refractivity contribution >= 4 is 35.2 Å².